The zero-order valence-corrected chi connectivity index (χ0v) is 13.9. The summed E-state index contributed by atoms with van der Waals surface area (Å²) >= 11 is 1.73. The topological polar surface area (TPSA) is 75.6 Å². The van der Waals surface area contributed by atoms with Gasteiger partial charge < -0.3 is 15.2 Å². The second-order valence-electron chi connectivity index (χ2n) is 4.99. The second kappa shape index (κ2) is 9.62. The molecule has 2 aromatic rings. The maximum Gasteiger partial charge on any atom is 0.338 e. The van der Waals surface area contributed by atoms with Crippen molar-refractivity contribution in [3.63, 3.8) is 0 Å². The van der Waals surface area contributed by atoms with Crippen molar-refractivity contribution in [3.8, 4) is 5.75 Å². The Morgan fingerprint density at radius 3 is 2.62 bits per heavy atom. The third-order valence-corrected chi connectivity index (χ3v) is 4.17. The summed E-state index contributed by atoms with van der Waals surface area (Å²) in [7, 11) is 0. The number of benzene rings is 2. The van der Waals surface area contributed by atoms with Crippen molar-refractivity contribution in [2.45, 2.75) is 11.3 Å². The number of amides is 1. The van der Waals surface area contributed by atoms with Gasteiger partial charge in [-0.1, -0.05) is 24.3 Å². The van der Waals surface area contributed by atoms with Gasteiger partial charge in [-0.2, -0.15) is 0 Å². The highest BCUT2D eigenvalue weighted by atomic mass is 32.2. The van der Waals surface area contributed by atoms with Gasteiger partial charge in [-0.25, -0.2) is 4.79 Å². The molecule has 126 valence electrons. The van der Waals surface area contributed by atoms with E-state index >= 15 is 0 Å². The minimum absolute atomic E-state index is 0.0233. The predicted molar refractivity (Wildman–Crippen MR) is 93.2 cm³/mol. The molecule has 0 bridgehead atoms. The average Bonchev–Trinajstić information content (AvgIpc) is 2.60. The van der Waals surface area contributed by atoms with Gasteiger partial charge in [0, 0.05) is 11.4 Å². The highest BCUT2D eigenvalue weighted by Crippen LogP contribution is 2.17. The number of hydrogen-bond donors (Lipinski definition) is 2. The molecule has 5 nitrogen and oxygen atoms in total. The van der Waals surface area contributed by atoms with Gasteiger partial charge in [0.2, 0.25) is 0 Å². The Morgan fingerprint density at radius 2 is 1.88 bits per heavy atom. The summed E-state index contributed by atoms with van der Waals surface area (Å²) in [5, 5.41) is 12.0. The number of nitrogens with one attached hydrogen (secondary N) is 1. The van der Waals surface area contributed by atoms with Crippen molar-refractivity contribution in [2.24, 2.45) is 0 Å². The zero-order valence-electron chi connectivity index (χ0n) is 13.1. The molecule has 2 aromatic carbocycles. The van der Waals surface area contributed by atoms with E-state index < -0.39 is 5.97 Å². The Morgan fingerprint density at radius 1 is 1.08 bits per heavy atom. The van der Waals surface area contributed by atoms with Crippen LogP contribution in [0, 0.1) is 0 Å². The third-order valence-electron chi connectivity index (χ3n) is 3.07. The molecular formula is C18H19NO4S. The van der Waals surface area contributed by atoms with Crippen LogP contribution < -0.4 is 5.32 Å². The summed E-state index contributed by atoms with van der Waals surface area (Å²) in [5.41, 5.74) is 0.210. The number of phenolic OH excluding ortho intramolecular Hbond substituents is 1. The van der Waals surface area contributed by atoms with Crippen molar-refractivity contribution >= 4 is 23.6 Å². The largest absolute Gasteiger partial charge is 0.508 e. The Bertz CT molecular complexity index is 676. The Labute approximate surface area is 145 Å². The number of aromatic hydroxyl groups is 1. The van der Waals surface area contributed by atoms with Gasteiger partial charge in [0.05, 0.1) is 5.56 Å². The fraction of sp³-hybridized carbons (Fsp3) is 0.222. The fourth-order valence-electron chi connectivity index (χ4n) is 1.91. The molecule has 0 aliphatic heterocycles. The van der Waals surface area contributed by atoms with Gasteiger partial charge >= 0.3 is 5.97 Å². The molecule has 0 saturated heterocycles. The smallest absolute Gasteiger partial charge is 0.338 e. The molecule has 2 rings (SSSR count). The number of ether oxygens (including phenoxy) is 1. The summed E-state index contributed by atoms with van der Waals surface area (Å²) < 4.78 is 4.90. The van der Waals surface area contributed by atoms with Crippen LogP contribution in [-0.4, -0.2) is 35.9 Å². The van der Waals surface area contributed by atoms with E-state index in [1.54, 1.807) is 11.8 Å². The molecule has 6 heteroatoms. The van der Waals surface area contributed by atoms with Crippen LogP contribution in [0.25, 0.3) is 0 Å². The molecule has 0 spiro atoms. The van der Waals surface area contributed by atoms with Crippen molar-refractivity contribution in [1.29, 1.82) is 0 Å². The van der Waals surface area contributed by atoms with E-state index in [2.05, 4.69) is 5.32 Å². The lowest BCUT2D eigenvalue weighted by atomic mass is 10.2. The molecule has 2 N–H and O–H groups in total. The molecule has 24 heavy (non-hydrogen) atoms. The van der Waals surface area contributed by atoms with E-state index in [0.29, 0.717) is 6.54 Å². The summed E-state index contributed by atoms with van der Waals surface area (Å²) in [6.45, 7) is 0.197. The first kappa shape index (κ1) is 17.9. The van der Waals surface area contributed by atoms with Crippen molar-refractivity contribution < 1.29 is 19.4 Å². The third kappa shape index (κ3) is 6.34. The summed E-state index contributed by atoms with van der Waals surface area (Å²) in [5.74, 6) is -0.105. The van der Waals surface area contributed by atoms with Gasteiger partial charge in [0.1, 0.15) is 5.75 Å². The normalized spacial score (nSPS) is 10.2. The van der Waals surface area contributed by atoms with Crippen molar-refractivity contribution in [2.75, 3.05) is 18.9 Å². The average molecular weight is 345 g/mol. The maximum atomic E-state index is 11.7. The van der Waals surface area contributed by atoms with E-state index in [1.807, 2.05) is 30.3 Å². The molecule has 0 saturated carbocycles. The van der Waals surface area contributed by atoms with Crippen LogP contribution in [0.5, 0.6) is 5.75 Å². The molecular weight excluding hydrogens is 326 g/mol. The molecule has 0 atom stereocenters. The van der Waals surface area contributed by atoms with Crippen molar-refractivity contribution in [1.82, 2.24) is 5.32 Å². The van der Waals surface area contributed by atoms with E-state index in [1.165, 1.54) is 29.2 Å². The highest BCUT2D eigenvalue weighted by molar-refractivity contribution is 7.99. The maximum absolute atomic E-state index is 11.7. The van der Waals surface area contributed by atoms with Gasteiger partial charge in [-0.15, -0.1) is 11.8 Å². The summed E-state index contributed by atoms with van der Waals surface area (Å²) in [6.07, 6.45) is 0.825. The Hall–Kier alpha value is -2.47. The second-order valence-corrected chi connectivity index (χ2v) is 6.16. The lowest BCUT2D eigenvalue weighted by molar-refractivity contribution is -0.124. The number of esters is 1. The van der Waals surface area contributed by atoms with Crippen LogP contribution in [0.4, 0.5) is 0 Å². The Kier molecular flexibility index (Phi) is 7.17. The predicted octanol–water partition coefficient (Wildman–Crippen LogP) is 2.85. The van der Waals surface area contributed by atoms with Gasteiger partial charge in [-0.05, 0) is 42.5 Å². The van der Waals surface area contributed by atoms with Crippen LogP contribution in [0.3, 0.4) is 0 Å². The van der Waals surface area contributed by atoms with E-state index in [4.69, 9.17) is 4.74 Å². The number of carbonyl (C=O) groups is 2. The molecule has 1 amide bonds. The molecule has 0 heterocycles. The number of hydrogen-bond acceptors (Lipinski definition) is 5. The lowest BCUT2D eigenvalue weighted by Gasteiger charge is -2.07. The molecule has 0 fully saturated rings. The monoisotopic (exact) mass is 345 g/mol. The summed E-state index contributed by atoms with van der Waals surface area (Å²) in [4.78, 5) is 24.6. The quantitative estimate of drug-likeness (QED) is 0.437. The van der Waals surface area contributed by atoms with Gasteiger partial charge in [0.15, 0.2) is 6.61 Å². The van der Waals surface area contributed by atoms with Crippen LogP contribution in [0.1, 0.15) is 16.8 Å². The van der Waals surface area contributed by atoms with Crippen LogP contribution in [0.2, 0.25) is 0 Å². The minimum atomic E-state index is -0.638. The molecule has 0 aliphatic rings. The first-order valence-electron chi connectivity index (χ1n) is 7.56. The molecule has 0 aromatic heterocycles. The van der Waals surface area contributed by atoms with Crippen LogP contribution >= 0.6 is 11.8 Å². The molecule has 0 aliphatic carbocycles. The SMILES string of the molecule is O=C(COC(=O)c1cccc(O)c1)NCCCSc1ccccc1. The number of thioether (sulfide) groups is 1. The lowest BCUT2D eigenvalue weighted by Crippen LogP contribution is -2.29. The van der Waals surface area contributed by atoms with Crippen LogP contribution in [0.15, 0.2) is 59.5 Å². The number of carbonyl (C=O) groups excluding carboxylic acids is 2. The van der Waals surface area contributed by atoms with E-state index in [9.17, 15) is 14.7 Å². The standard InChI is InChI=1S/C18H19NO4S/c20-15-7-4-6-14(12-15)18(22)23-13-17(21)19-10-5-11-24-16-8-2-1-3-9-16/h1-4,6-9,12,20H,5,10-11,13H2,(H,19,21). The minimum Gasteiger partial charge on any atom is -0.508 e. The van der Waals surface area contributed by atoms with Crippen molar-refractivity contribution in [3.05, 3.63) is 60.2 Å². The first-order chi connectivity index (χ1) is 11.6. The first-order valence-corrected chi connectivity index (χ1v) is 8.54. The van der Waals surface area contributed by atoms with E-state index in [-0.39, 0.29) is 23.8 Å². The van der Waals surface area contributed by atoms with E-state index in [0.717, 1.165) is 12.2 Å². The highest BCUT2D eigenvalue weighted by Gasteiger charge is 2.10. The van der Waals surface area contributed by atoms with Crippen LogP contribution in [-0.2, 0) is 9.53 Å². The van der Waals surface area contributed by atoms with Gasteiger partial charge in [0.25, 0.3) is 5.91 Å². The molecule has 0 unspecified atom stereocenters. The fourth-order valence-corrected chi connectivity index (χ4v) is 2.78. The van der Waals surface area contributed by atoms with Gasteiger partial charge in [-0.3, -0.25) is 4.79 Å². The zero-order chi connectivity index (χ0) is 17.2. The number of rotatable bonds is 8. The number of phenols is 1. The molecule has 0 radical (unpaired) electrons. The summed E-state index contributed by atoms with van der Waals surface area (Å²) in [6, 6.07) is 15.8. The Balaban J connectivity index is 1.59.